The highest BCUT2D eigenvalue weighted by Crippen LogP contribution is 2.00. The standard InChI is InChI=1S/C9H18N6/c1-3-15(5-4-9(10)11)7-8-6-14(2)13-12-8/h6H,3-5,7H2,1-2H3,(H3,10,11). The van der Waals surface area contributed by atoms with Crippen LogP contribution in [0.2, 0.25) is 0 Å². The minimum atomic E-state index is 0.229. The van der Waals surface area contributed by atoms with E-state index < -0.39 is 0 Å². The van der Waals surface area contributed by atoms with Crippen molar-refractivity contribution in [2.24, 2.45) is 12.8 Å². The third kappa shape index (κ3) is 4.07. The van der Waals surface area contributed by atoms with Crippen molar-refractivity contribution in [2.75, 3.05) is 13.1 Å². The average Bonchev–Trinajstić information content (AvgIpc) is 2.58. The summed E-state index contributed by atoms with van der Waals surface area (Å²) in [6.07, 6.45) is 2.50. The second-order valence-electron chi connectivity index (χ2n) is 3.53. The molecule has 1 rings (SSSR count). The van der Waals surface area contributed by atoms with Crippen LogP contribution in [0.4, 0.5) is 0 Å². The molecule has 0 saturated heterocycles. The molecule has 6 heteroatoms. The predicted octanol–water partition coefficient (Wildman–Crippen LogP) is -0.0369. The van der Waals surface area contributed by atoms with E-state index in [9.17, 15) is 0 Å². The molecule has 1 aromatic rings. The molecule has 84 valence electrons. The SMILES string of the molecule is CCN(CCC(=N)N)Cc1cn(C)nn1. The Morgan fingerprint density at radius 2 is 2.40 bits per heavy atom. The van der Waals surface area contributed by atoms with Gasteiger partial charge < -0.3 is 5.73 Å². The number of nitrogens with two attached hydrogens (primary N) is 1. The van der Waals surface area contributed by atoms with E-state index in [1.807, 2.05) is 13.2 Å². The van der Waals surface area contributed by atoms with Gasteiger partial charge in [0.1, 0.15) is 0 Å². The first-order valence-corrected chi connectivity index (χ1v) is 5.02. The summed E-state index contributed by atoms with van der Waals surface area (Å²) in [6, 6.07) is 0. The molecule has 3 N–H and O–H groups in total. The van der Waals surface area contributed by atoms with Crippen LogP contribution in [0.1, 0.15) is 19.0 Å². The first-order chi connectivity index (χ1) is 7.11. The van der Waals surface area contributed by atoms with E-state index in [0.717, 1.165) is 25.3 Å². The van der Waals surface area contributed by atoms with E-state index in [-0.39, 0.29) is 5.84 Å². The van der Waals surface area contributed by atoms with Crippen LogP contribution in [0, 0.1) is 5.41 Å². The average molecular weight is 210 g/mol. The summed E-state index contributed by atoms with van der Waals surface area (Å²) < 4.78 is 1.69. The number of hydrogen-bond donors (Lipinski definition) is 2. The van der Waals surface area contributed by atoms with Gasteiger partial charge >= 0.3 is 0 Å². The van der Waals surface area contributed by atoms with Crippen LogP contribution >= 0.6 is 0 Å². The molecule has 6 nitrogen and oxygen atoms in total. The van der Waals surface area contributed by atoms with Crippen molar-refractivity contribution in [1.82, 2.24) is 19.9 Å². The number of hydrogen-bond acceptors (Lipinski definition) is 4. The number of amidine groups is 1. The Labute approximate surface area is 89.6 Å². The second kappa shape index (κ2) is 5.45. The van der Waals surface area contributed by atoms with Gasteiger partial charge in [-0.25, -0.2) is 0 Å². The Bertz CT molecular complexity index is 318. The lowest BCUT2D eigenvalue weighted by Gasteiger charge is -2.18. The highest BCUT2D eigenvalue weighted by molar-refractivity contribution is 5.76. The molecule has 0 aromatic carbocycles. The van der Waals surface area contributed by atoms with Crippen LogP contribution < -0.4 is 5.73 Å². The summed E-state index contributed by atoms with van der Waals surface area (Å²) >= 11 is 0. The van der Waals surface area contributed by atoms with Gasteiger partial charge in [-0.1, -0.05) is 12.1 Å². The molecular weight excluding hydrogens is 192 g/mol. The van der Waals surface area contributed by atoms with Crippen LogP contribution in [-0.4, -0.2) is 38.8 Å². The highest BCUT2D eigenvalue weighted by Gasteiger charge is 2.06. The fourth-order valence-corrected chi connectivity index (χ4v) is 1.32. The van der Waals surface area contributed by atoms with E-state index >= 15 is 0 Å². The fourth-order valence-electron chi connectivity index (χ4n) is 1.32. The number of aromatic nitrogens is 3. The Kier molecular flexibility index (Phi) is 4.23. The Hall–Kier alpha value is -1.43. The Balaban J connectivity index is 2.42. The lowest BCUT2D eigenvalue weighted by atomic mass is 10.3. The van der Waals surface area contributed by atoms with Gasteiger partial charge in [-0.05, 0) is 6.54 Å². The molecule has 0 atom stereocenters. The molecule has 0 bridgehead atoms. The minimum Gasteiger partial charge on any atom is -0.388 e. The summed E-state index contributed by atoms with van der Waals surface area (Å²) in [4.78, 5) is 2.19. The quantitative estimate of drug-likeness (QED) is 0.510. The minimum absolute atomic E-state index is 0.229. The van der Waals surface area contributed by atoms with Crippen LogP contribution in [0.25, 0.3) is 0 Å². The zero-order valence-electron chi connectivity index (χ0n) is 9.27. The molecule has 1 aromatic heterocycles. The third-order valence-corrected chi connectivity index (χ3v) is 2.18. The first kappa shape index (κ1) is 11.6. The molecule has 0 spiro atoms. The van der Waals surface area contributed by atoms with Crippen molar-refractivity contribution in [3.63, 3.8) is 0 Å². The monoisotopic (exact) mass is 210 g/mol. The maximum Gasteiger partial charge on any atom is 0.0967 e. The molecule has 0 aliphatic heterocycles. The highest BCUT2D eigenvalue weighted by atomic mass is 15.4. The van der Waals surface area contributed by atoms with Crippen LogP contribution in [0.15, 0.2) is 6.20 Å². The first-order valence-electron chi connectivity index (χ1n) is 5.02. The number of nitrogens with zero attached hydrogens (tertiary/aromatic N) is 4. The molecule has 0 unspecified atom stereocenters. The zero-order chi connectivity index (χ0) is 11.3. The largest absolute Gasteiger partial charge is 0.388 e. The second-order valence-corrected chi connectivity index (χ2v) is 3.53. The molecule has 0 amide bonds. The number of aryl methyl sites for hydroxylation is 1. The van der Waals surface area contributed by atoms with Gasteiger partial charge in [0, 0.05) is 32.8 Å². The van der Waals surface area contributed by atoms with Crippen molar-refractivity contribution in [1.29, 1.82) is 5.41 Å². The number of nitrogens with one attached hydrogen (secondary N) is 1. The summed E-state index contributed by atoms with van der Waals surface area (Å²) in [6.45, 7) is 4.56. The maximum absolute atomic E-state index is 7.17. The molecule has 15 heavy (non-hydrogen) atoms. The Morgan fingerprint density at radius 1 is 1.67 bits per heavy atom. The third-order valence-electron chi connectivity index (χ3n) is 2.18. The van der Waals surface area contributed by atoms with E-state index in [2.05, 4.69) is 22.1 Å². The molecule has 0 aliphatic rings. The number of rotatable bonds is 6. The van der Waals surface area contributed by atoms with E-state index in [4.69, 9.17) is 11.1 Å². The lowest BCUT2D eigenvalue weighted by Crippen LogP contribution is -2.27. The van der Waals surface area contributed by atoms with Crippen molar-refractivity contribution in [3.05, 3.63) is 11.9 Å². The molecular formula is C9H18N6. The Morgan fingerprint density at radius 3 is 2.87 bits per heavy atom. The lowest BCUT2D eigenvalue weighted by molar-refractivity contribution is 0.284. The van der Waals surface area contributed by atoms with E-state index in [1.165, 1.54) is 0 Å². The predicted molar refractivity (Wildman–Crippen MR) is 58.5 cm³/mol. The van der Waals surface area contributed by atoms with Crippen molar-refractivity contribution < 1.29 is 0 Å². The molecule has 0 radical (unpaired) electrons. The van der Waals surface area contributed by atoms with Gasteiger partial charge in [0.25, 0.3) is 0 Å². The molecule has 0 aliphatic carbocycles. The molecule has 0 saturated carbocycles. The van der Waals surface area contributed by atoms with Crippen molar-refractivity contribution in [3.8, 4) is 0 Å². The van der Waals surface area contributed by atoms with Gasteiger partial charge in [0.2, 0.25) is 0 Å². The summed E-state index contributed by atoms with van der Waals surface area (Å²) in [5.41, 5.74) is 6.26. The zero-order valence-corrected chi connectivity index (χ0v) is 9.27. The van der Waals surface area contributed by atoms with Gasteiger partial charge in [0.05, 0.1) is 11.5 Å². The van der Waals surface area contributed by atoms with Crippen LogP contribution in [-0.2, 0) is 13.6 Å². The van der Waals surface area contributed by atoms with Crippen LogP contribution in [0.3, 0.4) is 0 Å². The molecule has 1 heterocycles. The van der Waals surface area contributed by atoms with E-state index in [0.29, 0.717) is 6.42 Å². The van der Waals surface area contributed by atoms with Crippen molar-refractivity contribution in [2.45, 2.75) is 19.9 Å². The summed E-state index contributed by atoms with van der Waals surface area (Å²) in [5.74, 6) is 0.229. The van der Waals surface area contributed by atoms with Crippen LogP contribution in [0.5, 0.6) is 0 Å². The van der Waals surface area contributed by atoms with Gasteiger partial charge in [0.15, 0.2) is 0 Å². The van der Waals surface area contributed by atoms with Gasteiger partial charge in [-0.2, -0.15) is 0 Å². The maximum atomic E-state index is 7.17. The van der Waals surface area contributed by atoms with Gasteiger partial charge in [-0.3, -0.25) is 15.0 Å². The topological polar surface area (TPSA) is 83.8 Å². The normalized spacial score (nSPS) is 10.9. The van der Waals surface area contributed by atoms with Crippen molar-refractivity contribution >= 4 is 5.84 Å². The summed E-state index contributed by atoms with van der Waals surface area (Å²) in [7, 11) is 1.85. The smallest absolute Gasteiger partial charge is 0.0967 e. The molecule has 0 fully saturated rings. The fraction of sp³-hybridized carbons (Fsp3) is 0.667. The van der Waals surface area contributed by atoms with E-state index in [1.54, 1.807) is 4.68 Å². The summed E-state index contributed by atoms with van der Waals surface area (Å²) in [5, 5.41) is 15.1. The van der Waals surface area contributed by atoms with Gasteiger partial charge in [-0.15, -0.1) is 5.10 Å².